The van der Waals surface area contributed by atoms with Crippen molar-refractivity contribution in [1.82, 2.24) is 9.80 Å². The minimum atomic E-state index is 0.182. The van der Waals surface area contributed by atoms with Crippen molar-refractivity contribution >= 4 is 5.91 Å². The first kappa shape index (κ1) is 18.1. The number of piperidine rings is 1. The fourth-order valence-electron chi connectivity index (χ4n) is 4.40. The number of methoxy groups -OCH3 is 1. The first-order valence-electron chi connectivity index (χ1n) is 9.87. The first-order chi connectivity index (χ1) is 13.2. The molecule has 0 unspecified atom stereocenters. The fraction of sp³-hybridized carbons (Fsp3) is 0.435. The molecule has 1 amide bonds. The van der Waals surface area contributed by atoms with E-state index < -0.39 is 0 Å². The number of hydrogen-bond acceptors (Lipinski definition) is 3. The standard InChI is InChI=1S/C23H28N2O2/c1-27-21-9-7-19(8-10-21)11-14-24-17-23(18-24)12-15-25(16-13-23)22(26)20-5-3-2-4-6-20/h2-10H,11-18H2,1H3. The Morgan fingerprint density at radius 2 is 1.67 bits per heavy atom. The van der Waals surface area contributed by atoms with Crippen molar-refractivity contribution in [3.05, 3.63) is 65.7 Å². The minimum absolute atomic E-state index is 0.182. The van der Waals surface area contributed by atoms with Crippen LogP contribution in [-0.4, -0.2) is 55.5 Å². The van der Waals surface area contributed by atoms with Crippen molar-refractivity contribution in [1.29, 1.82) is 0 Å². The Morgan fingerprint density at radius 3 is 2.30 bits per heavy atom. The van der Waals surface area contributed by atoms with Crippen LogP contribution in [0.5, 0.6) is 5.75 Å². The van der Waals surface area contributed by atoms with Crippen molar-refractivity contribution < 1.29 is 9.53 Å². The monoisotopic (exact) mass is 364 g/mol. The van der Waals surface area contributed by atoms with Crippen molar-refractivity contribution in [3.63, 3.8) is 0 Å². The van der Waals surface area contributed by atoms with Crippen molar-refractivity contribution in [2.24, 2.45) is 5.41 Å². The van der Waals surface area contributed by atoms with Crippen LogP contribution in [0.2, 0.25) is 0 Å². The molecule has 4 heteroatoms. The summed E-state index contributed by atoms with van der Waals surface area (Å²) in [5.74, 6) is 1.10. The third-order valence-electron chi connectivity index (χ3n) is 6.13. The minimum Gasteiger partial charge on any atom is -0.497 e. The molecule has 2 aromatic carbocycles. The molecule has 2 fully saturated rings. The molecular formula is C23H28N2O2. The van der Waals surface area contributed by atoms with Gasteiger partial charge in [0.1, 0.15) is 5.75 Å². The molecule has 0 radical (unpaired) electrons. The quantitative estimate of drug-likeness (QED) is 0.814. The molecular weight excluding hydrogens is 336 g/mol. The van der Waals surface area contributed by atoms with Crippen LogP contribution < -0.4 is 4.74 Å². The Hall–Kier alpha value is -2.33. The van der Waals surface area contributed by atoms with Crippen LogP contribution in [-0.2, 0) is 6.42 Å². The maximum absolute atomic E-state index is 12.6. The number of amides is 1. The largest absolute Gasteiger partial charge is 0.497 e. The average molecular weight is 364 g/mol. The van der Waals surface area contributed by atoms with E-state index in [-0.39, 0.29) is 5.91 Å². The highest BCUT2D eigenvalue weighted by Gasteiger charge is 2.44. The predicted octanol–water partition coefficient (Wildman–Crippen LogP) is 3.48. The molecule has 4 rings (SSSR count). The highest BCUT2D eigenvalue weighted by atomic mass is 16.5. The van der Waals surface area contributed by atoms with Crippen LogP contribution >= 0.6 is 0 Å². The fourth-order valence-corrected chi connectivity index (χ4v) is 4.40. The number of carbonyl (C=O) groups excluding carboxylic acids is 1. The zero-order valence-corrected chi connectivity index (χ0v) is 16.1. The van der Waals surface area contributed by atoms with Crippen LogP contribution in [0.1, 0.15) is 28.8 Å². The summed E-state index contributed by atoms with van der Waals surface area (Å²) >= 11 is 0. The third kappa shape index (κ3) is 4.01. The number of likely N-dealkylation sites (tertiary alicyclic amines) is 2. The van der Waals surface area contributed by atoms with E-state index in [0.29, 0.717) is 5.41 Å². The molecule has 27 heavy (non-hydrogen) atoms. The number of benzene rings is 2. The lowest BCUT2D eigenvalue weighted by Crippen LogP contribution is -2.60. The van der Waals surface area contributed by atoms with Crippen molar-refractivity contribution in [2.45, 2.75) is 19.3 Å². The summed E-state index contributed by atoms with van der Waals surface area (Å²) in [6.07, 6.45) is 3.34. The van der Waals surface area contributed by atoms with Crippen LogP contribution in [0, 0.1) is 5.41 Å². The molecule has 1 spiro atoms. The number of nitrogens with zero attached hydrogens (tertiary/aromatic N) is 2. The molecule has 0 bridgehead atoms. The zero-order chi connectivity index (χ0) is 18.7. The van der Waals surface area contributed by atoms with E-state index in [1.165, 1.54) is 18.7 Å². The van der Waals surface area contributed by atoms with Gasteiger partial charge in [-0.2, -0.15) is 0 Å². The molecule has 0 aromatic heterocycles. The van der Waals surface area contributed by atoms with E-state index in [4.69, 9.17) is 4.74 Å². The Morgan fingerprint density at radius 1 is 1.00 bits per heavy atom. The van der Waals surface area contributed by atoms with Gasteiger partial charge in [0.2, 0.25) is 0 Å². The van der Waals surface area contributed by atoms with Gasteiger partial charge in [0.25, 0.3) is 5.91 Å². The van der Waals surface area contributed by atoms with Gasteiger partial charge < -0.3 is 14.5 Å². The predicted molar refractivity (Wildman–Crippen MR) is 107 cm³/mol. The molecule has 0 N–H and O–H groups in total. The zero-order valence-electron chi connectivity index (χ0n) is 16.1. The maximum atomic E-state index is 12.6. The number of ether oxygens (including phenoxy) is 1. The van der Waals surface area contributed by atoms with E-state index in [0.717, 1.165) is 50.2 Å². The lowest BCUT2D eigenvalue weighted by Gasteiger charge is -2.54. The third-order valence-corrected chi connectivity index (χ3v) is 6.13. The lowest BCUT2D eigenvalue weighted by molar-refractivity contribution is -0.0410. The van der Waals surface area contributed by atoms with Crippen LogP contribution in [0.3, 0.4) is 0 Å². The number of carbonyl (C=O) groups is 1. The lowest BCUT2D eigenvalue weighted by atomic mass is 9.72. The van der Waals surface area contributed by atoms with Gasteiger partial charge in [-0.15, -0.1) is 0 Å². The van der Waals surface area contributed by atoms with Gasteiger partial charge in [-0.05, 0) is 54.5 Å². The molecule has 2 aromatic rings. The van der Waals surface area contributed by atoms with E-state index in [2.05, 4.69) is 17.0 Å². The van der Waals surface area contributed by atoms with Gasteiger partial charge in [-0.25, -0.2) is 0 Å². The number of rotatable bonds is 5. The molecule has 2 aliphatic heterocycles. The van der Waals surface area contributed by atoms with E-state index in [9.17, 15) is 4.79 Å². The van der Waals surface area contributed by atoms with Gasteiger partial charge >= 0.3 is 0 Å². The van der Waals surface area contributed by atoms with E-state index >= 15 is 0 Å². The Labute approximate surface area is 161 Å². The maximum Gasteiger partial charge on any atom is 0.253 e. The second kappa shape index (κ2) is 7.73. The Balaban J connectivity index is 1.22. The molecule has 2 heterocycles. The highest BCUT2D eigenvalue weighted by Crippen LogP contribution is 2.40. The van der Waals surface area contributed by atoms with Gasteiger partial charge in [0.15, 0.2) is 0 Å². The second-order valence-electron chi connectivity index (χ2n) is 7.97. The van der Waals surface area contributed by atoms with Crippen LogP contribution in [0.15, 0.2) is 54.6 Å². The average Bonchev–Trinajstić information content (AvgIpc) is 2.71. The molecule has 142 valence electrons. The summed E-state index contributed by atoms with van der Waals surface area (Å²) < 4.78 is 5.22. The highest BCUT2D eigenvalue weighted by molar-refractivity contribution is 5.94. The second-order valence-corrected chi connectivity index (χ2v) is 7.97. The first-order valence-corrected chi connectivity index (χ1v) is 9.87. The molecule has 0 saturated carbocycles. The number of hydrogen-bond donors (Lipinski definition) is 0. The van der Waals surface area contributed by atoms with Gasteiger partial charge in [-0.1, -0.05) is 30.3 Å². The topological polar surface area (TPSA) is 32.8 Å². The summed E-state index contributed by atoms with van der Waals surface area (Å²) in [6.45, 7) is 5.24. The Bertz CT molecular complexity index is 757. The van der Waals surface area contributed by atoms with Crippen molar-refractivity contribution in [3.8, 4) is 5.75 Å². The van der Waals surface area contributed by atoms with Gasteiger partial charge in [-0.3, -0.25) is 4.79 Å². The van der Waals surface area contributed by atoms with Gasteiger partial charge in [0.05, 0.1) is 7.11 Å². The molecule has 2 aliphatic rings. The summed E-state index contributed by atoms with van der Waals surface area (Å²) in [7, 11) is 1.70. The van der Waals surface area contributed by atoms with Crippen LogP contribution in [0.4, 0.5) is 0 Å². The SMILES string of the molecule is COc1ccc(CCN2CC3(CCN(C(=O)c4ccccc4)CC3)C2)cc1. The molecule has 4 nitrogen and oxygen atoms in total. The molecule has 0 atom stereocenters. The van der Waals surface area contributed by atoms with Crippen molar-refractivity contribution in [2.75, 3.05) is 39.8 Å². The summed E-state index contributed by atoms with van der Waals surface area (Å²) in [5, 5.41) is 0. The van der Waals surface area contributed by atoms with Gasteiger partial charge in [0, 0.05) is 38.3 Å². The van der Waals surface area contributed by atoms with E-state index in [1.807, 2.05) is 47.4 Å². The molecule has 2 saturated heterocycles. The summed E-state index contributed by atoms with van der Waals surface area (Å²) in [4.78, 5) is 17.2. The van der Waals surface area contributed by atoms with Crippen LogP contribution in [0.25, 0.3) is 0 Å². The summed E-state index contributed by atoms with van der Waals surface area (Å²) in [6, 6.07) is 18.0. The van der Waals surface area contributed by atoms with E-state index in [1.54, 1.807) is 7.11 Å². The molecule has 0 aliphatic carbocycles. The Kier molecular flexibility index (Phi) is 5.17. The summed E-state index contributed by atoms with van der Waals surface area (Å²) in [5.41, 5.74) is 2.61. The smallest absolute Gasteiger partial charge is 0.253 e. The normalized spacial score (nSPS) is 18.9.